The summed E-state index contributed by atoms with van der Waals surface area (Å²) in [7, 11) is 0. The van der Waals surface area contributed by atoms with Gasteiger partial charge in [0.1, 0.15) is 17.5 Å². The van der Waals surface area contributed by atoms with Crippen LogP contribution >= 0.6 is 0 Å². The summed E-state index contributed by atoms with van der Waals surface area (Å²) in [6.07, 6.45) is 3.54. The Morgan fingerprint density at radius 2 is 1.65 bits per heavy atom. The van der Waals surface area contributed by atoms with Crippen molar-refractivity contribution in [3.63, 3.8) is 0 Å². The number of hydrogen-bond acceptors (Lipinski definition) is 2. The van der Waals surface area contributed by atoms with E-state index in [1.807, 2.05) is 0 Å². The van der Waals surface area contributed by atoms with E-state index in [2.05, 4.69) is 4.98 Å². The van der Waals surface area contributed by atoms with Crippen molar-refractivity contribution in [3.8, 4) is 0 Å². The van der Waals surface area contributed by atoms with Gasteiger partial charge >= 0.3 is 0 Å². The fraction of sp³-hybridized carbons (Fsp3) is 0.267. The molecule has 0 radical (unpaired) electrons. The van der Waals surface area contributed by atoms with Crippen LogP contribution in [0.15, 0.2) is 36.7 Å². The van der Waals surface area contributed by atoms with Crippen molar-refractivity contribution < 1.29 is 13.2 Å². The second kappa shape index (κ2) is 5.63. The van der Waals surface area contributed by atoms with Crippen LogP contribution in [0, 0.1) is 17.5 Å². The lowest BCUT2D eigenvalue weighted by molar-refractivity contribution is 0.414. The van der Waals surface area contributed by atoms with Gasteiger partial charge in [-0.1, -0.05) is 6.92 Å². The smallest absolute Gasteiger partial charge is 0.132 e. The van der Waals surface area contributed by atoms with E-state index in [4.69, 9.17) is 5.73 Å². The number of nitrogens with zero attached hydrogens (tertiary/aromatic N) is 1. The molecule has 0 saturated heterocycles. The first-order chi connectivity index (χ1) is 9.46. The van der Waals surface area contributed by atoms with Gasteiger partial charge in [0.25, 0.3) is 0 Å². The molecule has 0 fully saturated rings. The molecule has 0 aliphatic rings. The van der Waals surface area contributed by atoms with Crippen molar-refractivity contribution in [1.82, 2.24) is 4.98 Å². The van der Waals surface area contributed by atoms with E-state index in [9.17, 15) is 13.2 Å². The molecule has 0 amide bonds. The molecule has 106 valence electrons. The highest BCUT2D eigenvalue weighted by atomic mass is 19.1. The second-order valence-electron chi connectivity index (χ2n) is 5.04. The lowest BCUT2D eigenvalue weighted by atomic mass is 9.77. The molecule has 1 aromatic carbocycles. The summed E-state index contributed by atoms with van der Waals surface area (Å²) in [5.74, 6) is -2.76. The highest BCUT2D eigenvalue weighted by Gasteiger charge is 2.32. The van der Waals surface area contributed by atoms with Crippen LogP contribution < -0.4 is 5.73 Å². The first kappa shape index (κ1) is 14.5. The van der Waals surface area contributed by atoms with Crippen LogP contribution in [0.2, 0.25) is 0 Å². The van der Waals surface area contributed by atoms with Gasteiger partial charge in [-0.25, -0.2) is 13.2 Å². The van der Waals surface area contributed by atoms with E-state index in [1.165, 1.54) is 0 Å². The summed E-state index contributed by atoms with van der Waals surface area (Å²) in [6, 6.07) is 4.87. The Morgan fingerprint density at radius 1 is 1.10 bits per heavy atom. The van der Waals surface area contributed by atoms with Gasteiger partial charge in [0, 0.05) is 42.0 Å². The molecule has 1 heterocycles. The second-order valence-corrected chi connectivity index (χ2v) is 5.04. The molecule has 0 spiro atoms. The molecule has 5 heteroatoms. The van der Waals surface area contributed by atoms with E-state index in [-0.39, 0.29) is 12.1 Å². The van der Waals surface area contributed by atoms with Crippen molar-refractivity contribution >= 4 is 0 Å². The molecule has 20 heavy (non-hydrogen) atoms. The molecule has 2 rings (SSSR count). The van der Waals surface area contributed by atoms with Crippen LogP contribution in [-0.4, -0.2) is 11.5 Å². The van der Waals surface area contributed by atoms with Gasteiger partial charge in [0.15, 0.2) is 0 Å². The van der Waals surface area contributed by atoms with Crippen molar-refractivity contribution in [1.29, 1.82) is 0 Å². The molecule has 1 aromatic heterocycles. The third-order valence-electron chi connectivity index (χ3n) is 3.40. The monoisotopic (exact) mass is 280 g/mol. The average Bonchev–Trinajstić information content (AvgIpc) is 2.38. The predicted octanol–water partition coefficient (Wildman–Crippen LogP) is 2.96. The van der Waals surface area contributed by atoms with E-state index in [0.29, 0.717) is 18.6 Å². The quantitative estimate of drug-likeness (QED) is 0.935. The lowest BCUT2D eigenvalue weighted by Gasteiger charge is -2.29. The minimum atomic E-state index is -0.955. The number of benzene rings is 1. The highest BCUT2D eigenvalue weighted by Crippen LogP contribution is 2.32. The van der Waals surface area contributed by atoms with Crippen LogP contribution in [0.3, 0.4) is 0 Å². The molecule has 1 atom stereocenters. The Balaban J connectivity index is 2.46. The Hall–Kier alpha value is -1.88. The maximum Gasteiger partial charge on any atom is 0.132 e. The predicted molar refractivity (Wildman–Crippen MR) is 70.7 cm³/mol. The van der Waals surface area contributed by atoms with Gasteiger partial charge in [-0.2, -0.15) is 0 Å². The van der Waals surface area contributed by atoms with Crippen LogP contribution in [0.25, 0.3) is 0 Å². The molecular formula is C15H15F3N2. The van der Waals surface area contributed by atoms with Gasteiger partial charge in [0.2, 0.25) is 0 Å². The van der Waals surface area contributed by atoms with E-state index < -0.39 is 22.9 Å². The Morgan fingerprint density at radius 3 is 2.15 bits per heavy atom. The topological polar surface area (TPSA) is 38.9 Å². The van der Waals surface area contributed by atoms with Crippen molar-refractivity contribution in [2.75, 3.05) is 6.54 Å². The van der Waals surface area contributed by atoms with Crippen LogP contribution in [0.4, 0.5) is 13.2 Å². The number of aromatic nitrogens is 1. The maximum absolute atomic E-state index is 13.9. The highest BCUT2D eigenvalue weighted by molar-refractivity contribution is 5.32. The first-order valence-electron chi connectivity index (χ1n) is 6.20. The molecule has 2 aromatic rings. The molecular weight excluding hydrogens is 265 g/mol. The Labute approximate surface area is 115 Å². The van der Waals surface area contributed by atoms with Crippen molar-refractivity contribution in [2.45, 2.75) is 18.8 Å². The number of rotatable bonds is 4. The molecule has 2 nitrogen and oxygen atoms in total. The van der Waals surface area contributed by atoms with Crippen molar-refractivity contribution in [2.24, 2.45) is 5.73 Å². The SMILES string of the molecule is CC(CN)(Cc1ccncc1)c1c(F)cc(F)cc1F. The fourth-order valence-electron chi connectivity index (χ4n) is 2.33. The number of hydrogen-bond donors (Lipinski definition) is 1. The summed E-state index contributed by atoms with van der Waals surface area (Å²) in [6.45, 7) is 1.70. The molecule has 2 N–H and O–H groups in total. The number of halogens is 3. The molecule has 0 bridgehead atoms. The zero-order valence-electron chi connectivity index (χ0n) is 11.0. The Kier molecular flexibility index (Phi) is 4.09. The number of nitrogens with two attached hydrogens (primary N) is 1. The third-order valence-corrected chi connectivity index (χ3v) is 3.40. The van der Waals surface area contributed by atoms with Gasteiger partial charge in [0.05, 0.1) is 0 Å². The zero-order valence-corrected chi connectivity index (χ0v) is 11.0. The summed E-state index contributed by atoms with van der Waals surface area (Å²) in [5.41, 5.74) is 5.44. The van der Waals surface area contributed by atoms with Crippen LogP contribution in [0.5, 0.6) is 0 Å². The maximum atomic E-state index is 13.9. The fourth-order valence-corrected chi connectivity index (χ4v) is 2.33. The summed E-state index contributed by atoms with van der Waals surface area (Å²) >= 11 is 0. The number of pyridine rings is 1. The van der Waals surface area contributed by atoms with E-state index in [0.717, 1.165) is 5.56 Å². The van der Waals surface area contributed by atoms with E-state index in [1.54, 1.807) is 31.5 Å². The largest absolute Gasteiger partial charge is 0.330 e. The van der Waals surface area contributed by atoms with Crippen molar-refractivity contribution in [3.05, 3.63) is 65.2 Å². The molecule has 0 aliphatic heterocycles. The van der Waals surface area contributed by atoms with E-state index >= 15 is 0 Å². The third kappa shape index (κ3) is 2.82. The Bertz CT molecular complexity index is 578. The van der Waals surface area contributed by atoms with Gasteiger partial charge < -0.3 is 5.73 Å². The first-order valence-corrected chi connectivity index (χ1v) is 6.20. The molecule has 0 aliphatic carbocycles. The zero-order chi connectivity index (χ0) is 14.8. The molecule has 0 saturated carbocycles. The molecule has 1 unspecified atom stereocenters. The summed E-state index contributed by atoms with van der Waals surface area (Å²) in [5, 5.41) is 0. The lowest BCUT2D eigenvalue weighted by Crippen LogP contribution is -2.36. The van der Waals surface area contributed by atoms with Crippen LogP contribution in [-0.2, 0) is 11.8 Å². The minimum Gasteiger partial charge on any atom is -0.330 e. The van der Waals surface area contributed by atoms with Gasteiger partial charge in [-0.3, -0.25) is 4.98 Å². The van der Waals surface area contributed by atoms with Gasteiger partial charge in [-0.15, -0.1) is 0 Å². The summed E-state index contributed by atoms with van der Waals surface area (Å²) in [4.78, 5) is 3.89. The van der Waals surface area contributed by atoms with Crippen LogP contribution in [0.1, 0.15) is 18.1 Å². The normalized spacial score (nSPS) is 14.1. The average molecular weight is 280 g/mol. The van der Waals surface area contributed by atoms with Gasteiger partial charge in [-0.05, 0) is 24.1 Å². The minimum absolute atomic E-state index is 0.0365. The summed E-state index contributed by atoms with van der Waals surface area (Å²) < 4.78 is 40.9. The standard InChI is InChI=1S/C15H15F3N2/c1-15(9-19,8-10-2-4-20-5-3-10)14-12(17)6-11(16)7-13(14)18/h2-7H,8-9,19H2,1H3.